The highest BCUT2D eigenvalue weighted by molar-refractivity contribution is 6.05. The topological polar surface area (TPSA) is 83.7 Å². The zero-order valence-electron chi connectivity index (χ0n) is 13.0. The molecule has 24 heavy (non-hydrogen) atoms. The molecule has 2 aromatic heterocycles. The van der Waals surface area contributed by atoms with Gasteiger partial charge in [-0.2, -0.15) is 0 Å². The molecule has 0 spiro atoms. The molecule has 6 nitrogen and oxygen atoms in total. The van der Waals surface area contributed by atoms with E-state index in [2.05, 4.69) is 10.3 Å². The van der Waals surface area contributed by atoms with Crippen LogP contribution >= 0.6 is 0 Å². The highest BCUT2D eigenvalue weighted by Gasteiger charge is 2.18. The largest absolute Gasteiger partial charge is 0.478 e. The highest BCUT2D eigenvalue weighted by Crippen LogP contribution is 2.20. The maximum Gasteiger partial charge on any atom is 0.335 e. The molecule has 1 amide bonds. The number of halogens is 1. The number of rotatable bonds is 3. The van der Waals surface area contributed by atoms with E-state index >= 15 is 0 Å². The zero-order valence-corrected chi connectivity index (χ0v) is 13.0. The van der Waals surface area contributed by atoms with Crippen LogP contribution in [0.3, 0.4) is 0 Å². The van der Waals surface area contributed by atoms with E-state index in [9.17, 15) is 14.0 Å². The molecular formula is C17H14FN3O3. The number of carboxylic acid groups (broad SMARTS) is 1. The number of amides is 1. The normalized spacial score (nSPS) is 10.8. The van der Waals surface area contributed by atoms with Crippen LogP contribution in [0.25, 0.3) is 5.65 Å². The summed E-state index contributed by atoms with van der Waals surface area (Å²) in [6.07, 6.45) is 1.19. The van der Waals surface area contributed by atoms with Crippen LogP contribution in [0, 0.1) is 19.7 Å². The molecule has 0 fully saturated rings. The van der Waals surface area contributed by atoms with Crippen molar-refractivity contribution in [2.75, 3.05) is 5.32 Å². The SMILES string of the molecule is Cc1ccc(C(=O)O)cc1NC(=O)c1c(C)nc2ccc(F)cn12. The van der Waals surface area contributed by atoms with Gasteiger partial charge >= 0.3 is 5.97 Å². The predicted molar refractivity (Wildman–Crippen MR) is 86.0 cm³/mol. The fourth-order valence-corrected chi connectivity index (χ4v) is 2.48. The number of carboxylic acids is 1. The number of aromatic carboxylic acids is 1. The molecular weight excluding hydrogens is 313 g/mol. The van der Waals surface area contributed by atoms with Crippen LogP contribution in [-0.2, 0) is 0 Å². The van der Waals surface area contributed by atoms with Gasteiger partial charge in [-0.15, -0.1) is 0 Å². The van der Waals surface area contributed by atoms with Crippen LogP contribution in [-0.4, -0.2) is 26.4 Å². The number of imidazole rings is 1. The first kappa shape index (κ1) is 15.7. The number of carbonyl (C=O) groups excluding carboxylic acids is 1. The number of nitrogens with one attached hydrogen (secondary N) is 1. The van der Waals surface area contributed by atoms with Gasteiger partial charge < -0.3 is 10.4 Å². The lowest BCUT2D eigenvalue weighted by Gasteiger charge is -2.10. The summed E-state index contributed by atoms with van der Waals surface area (Å²) in [5.41, 5.74) is 2.26. The van der Waals surface area contributed by atoms with E-state index in [0.29, 0.717) is 22.6 Å². The Balaban J connectivity index is 2.02. The first-order valence-electron chi connectivity index (χ1n) is 7.16. The van der Waals surface area contributed by atoms with E-state index in [1.165, 1.54) is 34.9 Å². The molecule has 2 N–H and O–H groups in total. The van der Waals surface area contributed by atoms with Crippen molar-refractivity contribution in [3.8, 4) is 0 Å². The Bertz CT molecular complexity index is 979. The third-order valence-corrected chi connectivity index (χ3v) is 3.70. The summed E-state index contributed by atoms with van der Waals surface area (Å²) in [4.78, 5) is 27.9. The molecule has 0 radical (unpaired) electrons. The summed E-state index contributed by atoms with van der Waals surface area (Å²) in [6.45, 7) is 3.41. The van der Waals surface area contributed by atoms with Gasteiger partial charge in [-0.1, -0.05) is 6.07 Å². The van der Waals surface area contributed by atoms with E-state index in [1.807, 2.05) is 0 Å². The number of nitrogens with zero attached hydrogens (tertiary/aromatic N) is 2. The first-order chi connectivity index (χ1) is 11.4. The van der Waals surface area contributed by atoms with E-state index in [1.54, 1.807) is 19.9 Å². The fraction of sp³-hybridized carbons (Fsp3) is 0.118. The monoisotopic (exact) mass is 327 g/mol. The number of aromatic nitrogens is 2. The van der Waals surface area contributed by atoms with Gasteiger partial charge in [-0.3, -0.25) is 9.20 Å². The van der Waals surface area contributed by atoms with Gasteiger partial charge in [0.15, 0.2) is 0 Å². The van der Waals surface area contributed by atoms with Gasteiger partial charge in [-0.25, -0.2) is 14.2 Å². The molecule has 0 saturated carbocycles. The maximum absolute atomic E-state index is 13.5. The fourth-order valence-electron chi connectivity index (χ4n) is 2.48. The van der Waals surface area contributed by atoms with Crippen LogP contribution in [0.4, 0.5) is 10.1 Å². The van der Waals surface area contributed by atoms with Crippen molar-refractivity contribution in [2.45, 2.75) is 13.8 Å². The number of benzene rings is 1. The summed E-state index contributed by atoms with van der Waals surface area (Å²) in [7, 11) is 0. The Kier molecular flexibility index (Phi) is 3.76. The van der Waals surface area contributed by atoms with Gasteiger partial charge in [0.1, 0.15) is 17.2 Å². The minimum Gasteiger partial charge on any atom is -0.478 e. The molecule has 0 saturated heterocycles. The lowest BCUT2D eigenvalue weighted by Crippen LogP contribution is -2.17. The summed E-state index contributed by atoms with van der Waals surface area (Å²) in [5.74, 6) is -2.06. The van der Waals surface area contributed by atoms with Crippen LogP contribution in [0.1, 0.15) is 32.1 Å². The Hall–Kier alpha value is -3.22. The third-order valence-electron chi connectivity index (χ3n) is 3.70. The second-order valence-corrected chi connectivity index (χ2v) is 5.41. The quantitative estimate of drug-likeness (QED) is 0.774. The Morgan fingerprint density at radius 2 is 1.96 bits per heavy atom. The van der Waals surface area contributed by atoms with Crippen molar-refractivity contribution < 1.29 is 19.1 Å². The summed E-state index contributed by atoms with van der Waals surface area (Å²) < 4.78 is 14.8. The van der Waals surface area contributed by atoms with E-state index in [-0.39, 0.29) is 11.3 Å². The van der Waals surface area contributed by atoms with Crippen LogP contribution in [0.2, 0.25) is 0 Å². The minimum atomic E-state index is -1.08. The minimum absolute atomic E-state index is 0.0665. The van der Waals surface area contributed by atoms with E-state index in [0.717, 1.165) is 0 Å². The molecule has 1 aromatic carbocycles. The van der Waals surface area contributed by atoms with Crippen molar-refractivity contribution in [3.05, 3.63) is 64.9 Å². The molecule has 7 heteroatoms. The van der Waals surface area contributed by atoms with Gasteiger partial charge in [0.2, 0.25) is 0 Å². The molecule has 0 aliphatic rings. The number of hydrogen-bond donors (Lipinski definition) is 2. The predicted octanol–water partition coefficient (Wildman–Crippen LogP) is 3.04. The highest BCUT2D eigenvalue weighted by atomic mass is 19.1. The summed E-state index contributed by atoms with van der Waals surface area (Å²) in [6, 6.07) is 7.20. The average Bonchev–Trinajstić information content (AvgIpc) is 2.84. The number of fused-ring (bicyclic) bond motifs is 1. The van der Waals surface area contributed by atoms with Crippen molar-refractivity contribution in [3.63, 3.8) is 0 Å². The Morgan fingerprint density at radius 1 is 1.21 bits per heavy atom. The van der Waals surface area contributed by atoms with Gasteiger partial charge in [0.05, 0.1) is 11.3 Å². The molecule has 122 valence electrons. The number of hydrogen-bond acceptors (Lipinski definition) is 3. The molecule has 0 bridgehead atoms. The van der Waals surface area contributed by atoms with E-state index < -0.39 is 17.7 Å². The second kappa shape index (κ2) is 5.77. The van der Waals surface area contributed by atoms with Crippen LogP contribution in [0.5, 0.6) is 0 Å². The lowest BCUT2D eigenvalue weighted by atomic mass is 10.1. The zero-order chi connectivity index (χ0) is 17.4. The van der Waals surface area contributed by atoms with Crippen LogP contribution < -0.4 is 5.32 Å². The lowest BCUT2D eigenvalue weighted by molar-refractivity contribution is 0.0696. The maximum atomic E-state index is 13.5. The number of carbonyl (C=O) groups is 2. The molecule has 0 atom stereocenters. The first-order valence-corrected chi connectivity index (χ1v) is 7.16. The van der Waals surface area contributed by atoms with Crippen molar-refractivity contribution >= 4 is 23.2 Å². The van der Waals surface area contributed by atoms with Gasteiger partial charge in [0.25, 0.3) is 5.91 Å². The number of anilines is 1. The Morgan fingerprint density at radius 3 is 2.67 bits per heavy atom. The summed E-state index contributed by atoms with van der Waals surface area (Å²) >= 11 is 0. The Labute approximate surface area is 136 Å². The molecule has 3 rings (SSSR count). The molecule has 3 aromatic rings. The van der Waals surface area contributed by atoms with Crippen molar-refractivity contribution in [2.24, 2.45) is 0 Å². The van der Waals surface area contributed by atoms with Gasteiger partial charge in [-0.05, 0) is 43.7 Å². The second-order valence-electron chi connectivity index (χ2n) is 5.41. The third kappa shape index (κ3) is 2.71. The average molecular weight is 327 g/mol. The standard InChI is InChI=1S/C17H14FN3O3/c1-9-3-4-11(17(23)24)7-13(9)20-16(22)15-10(2)19-14-6-5-12(18)8-21(14)15/h3-8H,1-2H3,(H,20,22)(H,23,24). The summed E-state index contributed by atoms with van der Waals surface area (Å²) in [5, 5.41) is 11.7. The number of pyridine rings is 1. The van der Waals surface area contributed by atoms with E-state index in [4.69, 9.17) is 5.11 Å². The molecule has 0 unspecified atom stereocenters. The number of aryl methyl sites for hydroxylation is 2. The molecule has 2 heterocycles. The van der Waals surface area contributed by atoms with Gasteiger partial charge in [0, 0.05) is 11.9 Å². The molecule has 0 aliphatic carbocycles. The van der Waals surface area contributed by atoms with Crippen molar-refractivity contribution in [1.82, 2.24) is 9.38 Å². The molecule has 0 aliphatic heterocycles. The van der Waals surface area contributed by atoms with Crippen LogP contribution in [0.15, 0.2) is 36.5 Å². The van der Waals surface area contributed by atoms with Crippen molar-refractivity contribution in [1.29, 1.82) is 0 Å². The smallest absolute Gasteiger partial charge is 0.335 e.